The average molecular weight is 431 g/mol. The highest BCUT2D eigenvalue weighted by Crippen LogP contribution is 2.21. The third-order valence-corrected chi connectivity index (χ3v) is 5.69. The summed E-state index contributed by atoms with van der Waals surface area (Å²) in [6.07, 6.45) is 0.341. The summed E-state index contributed by atoms with van der Waals surface area (Å²) in [4.78, 5) is 28.1. The van der Waals surface area contributed by atoms with Crippen molar-refractivity contribution in [2.45, 2.75) is 32.4 Å². The van der Waals surface area contributed by atoms with E-state index in [2.05, 4.69) is 4.90 Å². The Balaban J connectivity index is 1.60. The number of benzene rings is 2. The van der Waals surface area contributed by atoms with Gasteiger partial charge >= 0.3 is 5.97 Å². The van der Waals surface area contributed by atoms with E-state index >= 15 is 0 Å². The van der Waals surface area contributed by atoms with Crippen LogP contribution >= 0.6 is 11.6 Å². The number of amides is 1. The molecule has 7 heteroatoms. The minimum atomic E-state index is -0.860. The van der Waals surface area contributed by atoms with Crippen LogP contribution in [0, 0.1) is 0 Å². The number of carbonyl (C=O) groups excluding carboxylic acids is 1. The van der Waals surface area contributed by atoms with Crippen LogP contribution in [-0.4, -0.2) is 59.6 Å². The fourth-order valence-corrected chi connectivity index (χ4v) is 4.08. The van der Waals surface area contributed by atoms with Gasteiger partial charge in [0.05, 0.1) is 20.0 Å². The number of piperazine rings is 1. The van der Waals surface area contributed by atoms with Gasteiger partial charge in [-0.1, -0.05) is 29.8 Å². The predicted octanol–water partition coefficient (Wildman–Crippen LogP) is 3.25. The Hall–Kier alpha value is -2.57. The van der Waals surface area contributed by atoms with Gasteiger partial charge in [-0.15, -0.1) is 0 Å². The van der Waals surface area contributed by atoms with Crippen LogP contribution < -0.4 is 4.74 Å². The molecule has 30 heavy (non-hydrogen) atoms. The smallest absolute Gasteiger partial charge is 0.307 e. The molecule has 6 nitrogen and oxygen atoms in total. The predicted molar refractivity (Wildman–Crippen MR) is 116 cm³/mol. The van der Waals surface area contributed by atoms with E-state index in [1.54, 1.807) is 19.2 Å². The maximum absolute atomic E-state index is 12.8. The zero-order valence-corrected chi connectivity index (χ0v) is 18.1. The van der Waals surface area contributed by atoms with E-state index in [1.807, 2.05) is 42.2 Å². The second-order valence-corrected chi connectivity index (χ2v) is 8.12. The van der Waals surface area contributed by atoms with Crippen LogP contribution in [0.25, 0.3) is 0 Å². The van der Waals surface area contributed by atoms with Gasteiger partial charge < -0.3 is 14.7 Å². The molecule has 2 aromatic carbocycles. The summed E-state index contributed by atoms with van der Waals surface area (Å²) < 4.78 is 5.16. The molecule has 2 aromatic rings. The van der Waals surface area contributed by atoms with Crippen molar-refractivity contribution >= 4 is 23.5 Å². The summed E-state index contributed by atoms with van der Waals surface area (Å²) in [6, 6.07) is 13.0. The maximum atomic E-state index is 12.8. The molecule has 0 unspecified atom stereocenters. The second-order valence-electron chi connectivity index (χ2n) is 7.68. The first-order chi connectivity index (χ1) is 14.4. The second kappa shape index (κ2) is 9.96. The average Bonchev–Trinajstić information content (AvgIpc) is 2.70. The Morgan fingerprint density at radius 1 is 1.10 bits per heavy atom. The normalized spacial score (nSPS) is 17.0. The molecule has 1 heterocycles. The number of carboxylic acids is 1. The van der Waals surface area contributed by atoms with Gasteiger partial charge in [-0.25, -0.2) is 0 Å². The summed E-state index contributed by atoms with van der Waals surface area (Å²) in [5.74, 6) is 0.0268. The first kappa shape index (κ1) is 22.1. The Kier molecular flexibility index (Phi) is 7.34. The molecule has 1 amide bonds. The third-order valence-electron chi connectivity index (χ3n) is 5.45. The topological polar surface area (TPSA) is 70.1 Å². The number of hydrogen-bond acceptors (Lipinski definition) is 4. The zero-order chi connectivity index (χ0) is 21.7. The molecule has 0 radical (unpaired) electrons. The molecule has 0 aliphatic carbocycles. The van der Waals surface area contributed by atoms with Crippen LogP contribution in [0.15, 0.2) is 42.5 Å². The lowest BCUT2D eigenvalue weighted by Gasteiger charge is -2.40. The standard InChI is InChI=1S/C23H27ClN2O4/c1-16-14-25(15-19-12-20(24)6-5-18(19)13-23(28)29)9-10-26(16)22(27)11-17-3-7-21(30-2)8-4-17/h3-8,12,16H,9-11,13-15H2,1-2H3,(H,28,29)/t16-/m0/s1. The largest absolute Gasteiger partial charge is 0.497 e. The lowest BCUT2D eigenvalue weighted by Crippen LogP contribution is -2.54. The summed E-state index contributed by atoms with van der Waals surface area (Å²) in [5, 5.41) is 9.75. The monoisotopic (exact) mass is 430 g/mol. The fourth-order valence-electron chi connectivity index (χ4n) is 3.88. The van der Waals surface area contributed by atoms with Crippen molar-refractivity contribution in [3.05, 3.63) is 64.2 Å². The molecular weight excluding hydrogens is 404 g/mol. The number of halogens is 1. The van der Waals surface area contributed by atoms with Crippen molar-refractivity contribution < 1.29 is 19.4 Å². The van der Waals surface area contributed by atoms with Crippen molar-refractivity contribution in [3.63, 3.8) is 0 Å². The molecule has 160 valence electrons. The first-order valence-corrected chi connectivity index (χ1v) is 10.4. The molecule has 1 atom stereocenters. The van der Waals surface area contributed by atoms with E-state index < -0.39 is 5.97 Å². The summed E-state index contributed by atoms with van der Waals surface area (Å²) >= 11 is 6.13. The molecule has 1 aliphatic rings. The third kappa shape index (κ3) is 5.74. The molecule has 3 rings (SSSR count). The van der Waals surface area contributed by atoms with Crippen molar-refractivity contribution in [2.24, 2.45) is 0 Å². The SMILES string of the molecule is COc1ccc(CC(=O)N2CCN(Cc3cc(Cl)ccc3CC(=O)O)C[C@@H]2C)cc1. The van der Waals surface area contributed by atoms with Crippen LogP contribution in [0.4, 0.5) is 0 Å². The summed E-state index contributed by atoms with van der Waals surface area (Å²) in [7, 11) is 1.62. The highest BCUT2D eigenvalue weighted by molar-refractivity contribution is 6.30. The van der Waals surface area contributed by atoms with Crippen molar-refractivity contribution in [1.82, 2.24) is 9.80 Å². The van der Waals surface area contributed by atoms with Gasteiger partial charge in [0.25, 0.3) is 0 Å². The quantitative estimate of drug-likeness (QED) is 0.730. The molecule has 0 bridgehead atoms. The maximum Gasteiger partial charge on any atom is 0.307 e. The number of ether oxygens (including phenoxy) is 1. The Morgan fingerprint density at radius 2 is 1.83 bits per heavy atom. The highest BCUT2D eigenvalue weighted by Gasteiger charge is 2.27. The van der Waals surface area contributed by atoms with E-state index in [1.165, 1.54) is 0 Å². The number of nitrogens with zero attached hydrogens (tertiary/aromatic N) is 2. The number of carbonyl (C=O) groups is 2. The zero-order valence-electron chi connectivity index (χ0n) is 17.3. The lowest BCUT2D eigenvalue weighted by molar-refractivity contribution is -0.136. The molecule has 1 N–H and O–H groups in total. The number of hydrogen-bond donors (Lipinski definition) is 1. The molecule has 1 fully saturated rings. The van der Waals surface area contributed by atoms with Gasteiger partial charge in [0.2, 0.25) is 5.91 Å². The van der Waals surface area contributed by atoms with Crippen LogP contribution in [0.3, 0.4) is 0 Å². The van der Waals surface area contributed by atoms with Crippen LogP contribution in [-0.2, 0) is 29.0 Å². The fraction of sp³-hybridized carbons (Fsp3) is 0.391. The van der Waals surface area contributed by atoms with E-state index in [-0.39, 0.29) is 18.4 Å². The van der Waals surface area contributed by atoms with Crippen molar-refractivity contribution in [2.75, 3.05) is 26.7 Å². The Labute approximate surface area is 182 Å². The van der Waals surface area contributed by atoms with Gasteiger partial charge in [-0.3, -0.25) is 14.5 Å². The van der Waals surface area contributed by atoms with Gasteiger partial charge in [0.1, 0.15) is 5.75 Å². The molecular formula is C23H27ClN2O4. The van der Waals surface area contributed by atoms with E-state index in [0.717, 1.165) is 35.5 Å². The van der Waals surface area contributed by atoms with Crippen molar-refractivity contribution in [3.8, 4) is 5.75 Å². The minimum Gasteiger partial charge on any atom is -0.497 e. The van der Waals surface area contributed by atoms with Crippen LogP contribution in [0.5, 0.6) is 5.75 Å². The molecule has 0 spiro atoms. The number of carboxylic acid groups (broad SMARTS) is 1. The number of methoxy groups -OCH3 is 1. The lowest BCUT2D eigenvalue weighted by atomic mass is 10.0. The van der Waals surface area contributed by atoms with E-state index in [4.69, 9.17) is 21.4 Å². The minimum absolute atomic E-state index is 0.0254. The number of rotatable bonds is 7. The van der Waals surface area contributed by atoms with Gasteiger partial charge in [0.15, 0.2) is 0 Å². The first-order valence-electron chi connectivity index (χ1n) is 9.99. The molecule has 1 aliphatic heterocycles. The van der Waals surface area contributed by atoms with E-state index in [0.29, 0.717) is 24.5 Å². The van der Waals surface area contributed by atoms with Gasteiger partial charge in [-0.05, 0) is 47.9 Å². The number of aliphatic carboxylic acids is 1. The highest BCUT2D eigenvalue weighted by atomic mass is 35.5. The molecule has 0 saturated carbocycles. The van der Waals surface area contributed by atoms with Gasteiger partial charge in [0, 0.05) is 37.2 Å². The summed E-state index contributed by atoms with van der Waals surface area (Å²) in [5.41, 5.74) is 2.67. The van der Waals surface area contributed by atoms with Crippen LogP contribution in [0.2, 0.25) is 5.02 Å². The Morgan fingerprint density at radius 3 is 2.47 bits per heavy atom. The van der Waals surface area contributed by atoms with E-state index in [9.17, 15) is 9.59 Å². The Bertz CT molecular complexity index is 901. The molecule has 1 saturated heterocycles. The molecule has 0 aromatic heterocycles. The summed E-state index contributed by atoms with van der Waals surface area (Å²) in [6.45, 7) is 4.78. The van der Waals surface area contributed by atoms with Crippen LogP contribution in [0.1, 0.15) is 23.6 Å². The van der Waals surface area contributed by atoms with Crippen molar-refractivity contribution in [1.29, 1.82) is 0 Å². The van der Waals surface area contributed by atoms with Gasteiger partial charge in [-0.2, -0.15) is 0 Å².